The van der Waals surface area contributed by atoms with Crippen molar-refractivity contribution in [1.29, 1.82) is 0 Å². The Morgan fingerprint density at radius 1 is 1.11 bits per heavy atom. The molecule has 0 atom stereocenters. The van der Waals surface area contributed by atoms with Crippen molar-refractivity contribution in [3.8, 4) is 22.6 Å². The quantitative estimate of drug-likeness (QED) is 0.280. The number of carbonyl (C=O) groups excluding carboxylic acids is 2. The van der Waals surface area contributed by atoms with Crippen LogP contribution >= 0.6 is 11.6 Å². The molecule has 0 aliphatic rings. The summed E-state index contributed by atoms with van der Waals surface area (Å²) in [4.78, 5) is 40.4. The van der Waals surface area contributed by atoms with Crippen LogP contribution in [0.25, 0.3) is 11.1 Å². The van der Waals surface area contributed by atoms with Gasteiger partial charge in [0.15, 0.2) is 17.3 Å². The summed E-state index contributed by atoms with van der Waals surface area (Å²) in [5.41, 5.74) is 4.99. The molecule has 0 unspecified atom stereocenters. The molecule has 9 nitrogen and oxygen atoms in total. The van der Waals surface area contributed by atoms with E-state index in [0.717, 1.165) is 24.4 Å². The van der Waals surface area contributed by atoms with Gasteiger partial charge in [-0.05, 0) is 29.8 Å². The molecule has 3 N–H and O–H groups in total. The number of amides is 1. The van der Waals surface area contributed by atoms with Crippen LogP contribution in [0.15, 0.2) is 71.9 Å². The SMILES string of the molecule is Nc1nccc(Oc2ccc(NC(=O)c3cn(CO[C-]=O)cc(-c4ccc(F)cc4)c3=O)cc2F)c1Cl.[Y]. The Bertz CT molecular complexity index is 1550. The Morgan fingerprint density at radius 3 is 2.53 bits per heavy atom. The van der Waals surface area contributed by atoms with E-state index in [-0.39, 0.29) is 78.6 Å². The van der Waals surface area contributed by atoms with Crippen LogP contribution in [0.3, 0.4) is 0 Å². The van der Waals surface area contributed by atoms with Crippen LogP contribution in [0.5, 0.6) is 11.5 Å². The van der Waals surface area contributed by atoms with Gasteiger partial charge in [-0.2, -0.15) is 0 Å². The Balaban J connectivity index is 0.00000400. The molecule has 2 heterocycles. The number of nitrogens with zero attached hydrogens (tertiary/aromatic N) is 2. The fourth-order valence-electron chi connectivity index (χ4n) is 3.30. The number of halogens is 3. The van der Waals surface area contributed by atoms with Crippen molar-refractivity contribution in [1.82, 2.24) is 9.55 Å². The molecule has 191 valence electrons. The average molecular weight is 615 g/mol. The van der Waals surface area contributed by atoms with Gasteiger partial charge in [-0.3, -0.25) is 9.59 Å². The van der Waals surface area contributed by atoms with Crippen molar-refractivity contribution in [2.24, 2.45) is 0 Å². The molecule has 1 radical (unpaired) electrons. The molecule has 0 aliphatic heterocycles. The summed E-state index contributed by atoms with van der Waals surface area (Å²) in [6.07, 6.45) is 3.84. The second kappa shape index (κ2) is 12.7. The Morgan fingerprint density at radius 2 is 1.84 bits per heavy atom. The molecule has 38 heavy (non-hydrogen) atoms. The number of rotatable bonds is 8. The summed E-state index contributed by atoms with van der Waals surface area (Å²) in [5, 5.41) is 2.45. The van der Waals surface area contributed by atoms with Gasteiger partial charge in [0.1, 0.15) is 29.0 Å². The third kappa shape index (κ3) is 6.60. The average Bonchev–Trinajstić information content (AvgIpc) is 2.88. The largest absolute Gasteiger partial charge is 0.638 e. The molecule has 0 aliphatic carbocycles. The molecule has 2 aromatic carbocycles. The number of nitrogens with two attached hydrogens (primary N) is 1. The number of carbonyl (C=O) groups is 1. The first kappa shape index (κ1) is 28.9. The van der Waals surface area contributed by atoms with Crippen LogP contribution in [-0.4, -0.2) is 21.9 Å². The van der Waals surface area contributed by atoms with E-state index in [4.69, 9.17) is 22.1 Å². The van der Waals surface area contributed by atoms with Crippen LogP contribution in [0.4, 0.5) is 20.3 Å². The maximum Gasteiger partial charge on any atom is 0.261 e. The van der Waals surface area contributed by atoms with Crippen molar-refractivity contribution in [2.75, 3.05) is 11.1 Å². The predicted molar refractivity (Wildman–Crippen MR) is 131 cm³/mol. The molecule has 4 aromatic rings. The summed E-state index contributed by atoms with van der Waals surface area (Å²) in [7, 11) is 0. The van der Waals surface area contributed by atoms with Crippen LogP contribution in [0.2, 0.25) is 5.02 Å². The molecule has 0 bridgehead atoms. The first-order valence-corrected chi connectivity index (χ1v) is 10.8. The van der Waals surface area contributed by atoms with E-state index in [1.54, 1.807) is 0 Å². The number of benzene rings is 2. The number of anilines is 2. The number of nitrogens with one attached hydrogen (secondary N) is 1. The summed E-state index contributed by atoms with van der Waals surface area (Å²) in [6.45, 7) is 0.904. The zero-order chi connectivity index (χ0) is 26.5. The fraction of sp³-hybridized carbons (Fsp3) is 0.0400. The van der Waals surface area contributed by atoms with Crippen LogP contribution < -0.4 is 21.2 Å². The minimum atomic E-state index is -0.865. The van der Waals surface area contributed by atoms with Crippen molar-refractivity contribution in [3.05, 3.63) is 99.6 Å². The normalized spacial score (nSPS) is 10.3. The number of hydrogen-bond acceptors (Lipinski definition) is 7. The number of pyridine rings is 2. The number of aromatic nitrogens is 2. The molecule has 4 rings (SSSR count). The summed E-state index contributed by atoms with van der Waals surface area (Å²) >= 11 is 6.02. The third-order valence-electron chi connectivity index (χ3n) is 5.04. The standard InChI is InChI=1S/C25H16ClF2N4O5.Y/c26-22-21(7-8-30-24(22)29)37-20-6-5-16(9-19(20)28)31-25(35)18-11-32(12-36-13-33)10-17(23(18)34)14-1-3-15(27)4-2-14;/h1-11H,12H2,(H2,29,30)(H,31,35);/q-1;. The van der Waals surface area contributed by atoms with E-state index < -0.39 is 23.0 Å². The summed E-state index contributed by atoms with van der Waals surface area (Å²) in [6, 6.07) is 10.0. The predicted octanol–water partition coefficient (Wildman–Crippen LogP) is 4.51. The minimum absolute atomic E-state index is 0. The first-order valence-electron chi connectivity index (χ1n) is 10.4. The first-order chi connectivity index (χ1) is 17.8. The van der Waals surface area contributed by atoms with Gasteiger partial charge < -0.3 is 29.9 Å². The smallest absolute Gasteiger partial charge is 0.261 e. The monoisotopic (exact) mass is 614 g/mol. The number of nitrogen functional groups attached to an aromatic ring is 1. The van der Waals surface area contributed by atoms with E-state index in [9.17, 15) is 23.2 Å². The van der Waals surface area contributed by atoms with E-state index in [0.29, 0.717) is 5.56 Å². The fourth-order valence-corrected chi connectivity index (χ4v) is 3.45. The Hall–Kier alpha value is -3.67. The van der Waals surface area contributed by atoms with E-state index in [2.05, 4.69) is 15.0 Å². The molecule has 0 saturated carbocycles. The molecular weight excluding hydrogens is 599 g/mol. The molecule has 0 saturated heterocycles. The molecule has 0 fully saturated rings. The minimum Gasteiger partial charge on any atom is -0.638 e. The molecular formula is C25H16ClF2N4O5Y-. The van der Waals surface area contributed by atoms with Gasteiger partial charge in [-0.25, -0.2) is 13.8 Å². The second-order valence-electron chi connectivity index (χ2n) is 7.50. The number of ether oxygens (including phenoxy) is 2. The van der Waals surface area contributed by atoms with Gasteiger partial charge >= 0.3 is 0 Å². The van der Waals surface area contributed by atoms with E-state index in [1.807, 2.05) is 0 Å². The van der Waals surface area contributed by atoms with Gasteiger partial charge in [0.05, 0.1) is 0 Å². The van der Waals surface area contributed by atoms with Gasteiger partial charge in [-0.1, -0.05) is 30.2 Å². The van der Waals surface area contributed by atoms with Crippen molar-refractivity contribution < 1.29 is 60.6 Å². The maximum absolute atomic E-state index is 14.7. The van der Waals surface area contributed by atoms with Crippen molar-refractivity contribution >= 4 is 35.5 Å². The van der Waals surface area contributed by atoms with Crippen LogP contribution in [0.1, 0.15) is 10.4 Å². The maximum atomic E-state index is 14.7. The molecule has 13 heteroatoms. The van der Waals surface area contributed by atoms with E-state index in [1.165, 1.54) is 53.8 Å². The zero-order valence-electron chi connectivity index (χ0n) is 19.3. The molecule has 1 amide bonds. The number of hydrogen-bond donors (Lipinski definition) is 2. The summed E-state index contributed by atoms with van der Waals surface area (Å²) in [5.74, 6) is -2.33. The van der Waals surface area contributed by atoms with Gasteiger partial charge in [0.25, 0.3) is 5.91 Å². The summed E-state index contributed by atoms with van der Waals surface area (Å²) < 4.78 is 39.4. The molecule has 2 aromatic heterocycles. The van der Waals surface area contributed by atoms with Crippen molar-refractivity contribution in [2.45, 2.75) is 6.73 Å². The van der Waals surface area contributed by atoms with Crippen molar-refractivity contribution in [3.63, 3.8) is 0 Å². The topological polar surface area (TPSA) is 126 Å². The molecule has 0 spiro atoms. The van der Waals surface area contributed by atoms with E-state index >= 15 is 0 Å². The Kier molecular flexibility index (Phi) is 9.68. The Labute approximate surface area is 244 Å². The van der Waals surface area contributed by atoms with Gasteiger partial charge in [0, 0.05) is 74.7 Å². The second-order valence-corrected chi connectivity index (χ2v) is 7.88. The van der Waals surface area contributed by atoms with Crippen LogP contribution in [0, 0.1) is 11.6 Å². The van der Waals surface area contributed by atoms with Crippen LogP contribution in [-0.2, 0) is 49.0 Å². The van der Waals surface area contributed by atoms with Gasteiger partial charge in [0.2, 0.25) is 5.43 Å². The van der Waals surface area contributed by atoms with Gasteiger partial charge in [-0.15, -0.1) is 0 Å². The zero-order valence-corrected chi connectivity index (χ0v) is 22.9. The third-order valence-corrected chi connectivity index (χ3v) is 5.42.